The van der Waals surface area contributed by atoms with Crippen LogP contribution in [0.3, 0.4) is 0 Å². The number of aryl methyl sites for hydroxylation is 1. The summed E-state index contributed by atoms with van der Waals surface area (Å²) in [6, 6.07) is 7.34. The van der Waals surface area contributed by atoms with Crippen molar-refractivity contribution in [1.82, 2.24) is 10.3 Å². The number of thiazole rings is 1. The summed E-state index contributed by atoms with van der Waals surface area (Å²) >= 11 is 1.36. The van der Waals surface area contributed by atoms with Gasteiger partial charge in [-0.2, -0.15) is 0 Å². The van der Waals surface area contributed by atoms with E-state index in [0.29, 0.717) is 18.7 Å². The van der Waals surface area contributed by atoms with E-state index in [1.165, 1.54) is 11.3 Å². The topological polar surface area (TPSA) is 62.3 Å². The Hall–Kier alpha value is -2.21. The van der Waals surface area contributed by atoms with Gasteiger partial charge in [0.2, 0.25) is 5.91 Å². The number of benzene rings is 1. The van der Waals surface area contributed by atoms with E-state index in [4.69, 9.17) is 0 Å². The van der Waals surface area contributed by atoms with Gasteiger partial charge in [0.15, 0.2) is 0 Å². The molecule has 1 aromatic heterocycles. The largest absolute Gasteiger partial charge is 0.339 e. The lowest BCUT2D eigenvalue weighted by Crippen LogP contribution is -2.41. The summed E-state index contributed by atoms with van der Waals surface area (Å²) in [5.41, 5.74) is 3.99. The van der Waals surface area contributed by atoms with Crippen LogP contribution in [0.5, 0.6) is 0 Å². The van der Waals surface area contributed by atoms with E-state index in [-0.39, 0.29) is 11.8 Å². The van der Waals surface area contributed by atoms with Gasteiger partial charge in [-0.15, -0.1) is 11.3 Å². The molecule has 1 aliphatic rings. The van der Waals surface area contributed by atoms with Gasteiger partial charge in [-0.25, -0.2) is 4.98 Å². The van der Waals surface area contributed by atoms with Crippen LogP contribution in [0.1, 0.15) is 22.5 Å². The van der Waals surface area contributed by atoms with E-state index < -0.39 is 6.04 Å². The minimum Gasteiger partial charge on any atom is -0.339 e. The van der Waals surface area contributed by atoms with E-state index in [1.54, 1.807) is 15.8 Å². The first-order chi connectivity index (χ1) is 10.1. The predicted octanol–water partition coefficient (Wildman–Crippen LogP) is 1.99. The second kappa shape index (κ2) is 5.65. The van der Waals surface area contributed by atoms with Gasteiger partial charge < -0.3 is 10.2 Å². The molecule has 1 saturated heterocycles. The fourth-order valence-corrected chi connectivity index (χ4v) is 2.88. The van der Waals surface area contributed by atoms with Gasteiger partial charge in [0.25, 0.3) is 5.91 Å². The summed E-state index contributed by atoms with van der Waals surface area (Å²) in [7, 11) is 0. The molecule has 108 valence electrons. The zero-order chi connectivity index (χ0) is 14.8. The predicted molar refractivity (Wildman–Crippen MR) is 81.5 cm³/mol. The summed E-state index contributed by atoms with van der Waals surface area (Å²) in [6.07, 6.45) is 0.614. The molecule has 0 saturated carbocycles. The molecule has 1 aromatic carbocycles. The summed E-state index contributed by atoms with van der Waals surface area (Å²) in [6.45, 7) is 2.62. The van der Waals surface area contributed by atoms with E-state index in [0.717, 1.165) is 11.3 Å². The number of hydrogen-bond donors (Lipinski definition) is 1. The Balaban J connectivity index is 1.69. The van der Waals surface area contributed by atoms with Gasteiger partial charge in [0.1, 0.15) is 11.7 Å². The van der Waals surface area contributed by atoms with Crippen molar-refractivity contribution in [3.63, 3.8) is 0 Å². The Kier molecular flexibility index (Phi) is 3.70. The molecular weight excluding hydrogens is 286 g/mol. The monoisotopic (exact) mass is 301 g/mol. The number of hydrogen-bond acceptors (Lipinski definition) is 4. The molecule has 0 radical (unpaired) electrons. The first-order valence-corrected chi connectivity index (χ1v) is 7.66. The molecule has 2 amide bonds. The van der Waals surface area contributed by atoms with Crippen LogP contribution in [0.2, 0.25) is 0 Å². The highest BCUT2D eigenvalue weighted by Crippen LogP contribution is 2.22. The number of amides is 2. The Morgan fingerprint density at radius 3 is 2.81 bits per heavy atom. The van der Waals surface area contributed by atoms with E-state index >= 15 is 0 Å². The van der Waals surface area contributed by atoms with Gasteiger partial charge in [-0.3, -0.25) is 9.59 Å². The number of rotatable bonds is 3. The van der Waals surface area contributed by atoms with Crippen LogP contribution in [0.4, 0.5) is 5.69 Å². The molecule has 2 heterocycles. The lowest BCUT2D eigenvalue weighted by Gasteiger charge is -2.17. The summed E-state index contributed by atoms with van der Waals surface area (Å²) in [5.74, 6) is -0.359. The molecule has 21 heavy (non-hydrogen) atoms. The molecule has 1 N–H and O–H groups in total. The number of aromatic nitrogens is 1. The molecule has 0 aliphatic carbocycles. The van der Waals surface area contributed by atoms with E-state index in [2.05, 4.69) is 10.3 Å². The number of nitrogens with zero attached hydrogens (tertiary/aromatic N) is 2. The van der Waals surface area contributed by atoms with Crippen LogP contribution < -0.4 is 10.2 Å². The van der Waals surface area contributed by atoms with Crippen molar-refractivity contribution in [3.05, 3.63) is 46.4 Å². The minimum absolute atomic E-state index is 0.0672. The van der Waals surface area contributed by atoms with Gasteiger partial charge in [0.05, 0.1) is 5.51 Å². The van der Waals surface area contributed by atoms with Crippen LogP contribution in [0.25, 0.3) is 0 Å². The maximum absolute atomic E-state index is 12.4. The van der Waals surface area contributed by atoms with Crippen molar-refractivity contribution in [2.75, 3.05) is 11.4 Å². The summed E-state index contributed by atoms with van der Waals surface area (Å²) < 4.78 is 0. The average molecular weight is 301 g/mol. The Morgan fingerprint density at radius 1 is 1.38 bits per heavy atom. The third-order valence-corrected chi connectivity index (χ3v) is 4.11. The third-order valence-electron chi connectivity index (χ3n) is 3.52. The first-order valence-electron chi connectivity index (χ1n) is 6.72. The second-order valence-corrected chi connectivity index (χ2v) is 5.73. The quantitative estimate of drug-likeness (QED) is 0.943. The molecular formula is C15H15N3O2S. The molecule has 1 aliphatic heterocycles. The van der Waals surface area contributed by atoms with Crippen molar-refractivity contribution < 1.29 is 9.59 Å². The molecule has 0 bridgehead atoms. The Bertz CT molecular complexity index is 652. The normalized spacial score (nSPS) is 18.0. The lowest BCUT2D eigenvalue weighted by atomic mass is 10.2. The number of carbonyl (C=O) groups is 2. The van der Waals surface area contributed by atoms with Crippen molar-refractivity contribution in [3.8, 4) is 0 Å². The minimum atomic E-state index is -0.472. The standard InChI is InChI=1S/C15H15N3O2S/c1-10-2-4-11(5-3-10)18-7-6-12(15(18)20)17-14(19)13-8-21-9-16-13/h2-5,8-9,12H,6-7H2,1H3,(H,17,19). The number of anilines is 1. The fourth-order valence-electron chi connectivity index (χ4n) is 2.35. The van der Waals surface area contributed by atoms with E-state index in [1.807, 2.05) is 31.2 Å². The zero-order valence-electron chi connectivity index (χ0n) is 11.6. The van der Waals surface area contributed by atoms with Crippen LogP contribution in [0.15, 0.2) is 35.2 Å². The zero-order valence-corrected chi connectivity index (χ0v) is 12.4. The molecule has 0 spiro atoms. The maximum atomic E-state index is 12.4. The van der Waals surface area contributed by atoms with Crippen molar-refractivity contribution in [2.24, 2.45) is 0 Å². The number of nitrogens with one attached hydrogen (secondary N) is 1. The van der Waals surface area contributed by atoms with Gasteiger partial charge in [-0.1, -0.05) is 17.7 Å². The summed E-state index contributed by atoms with van der Waals surface area (Å²) in [4.78, 5) is 30.0. The first kappa shape index (κ1) is 13.8. The van der Waals surface area contributed by atoms with Crippen molar-refractivity contribution in [2.45, 2.75) is 19.4 Å². The SMILES string of the molecule is Cc1ccc(N2CCC(NC(=O)c3cscn3)C2=O)cc1. The molecule has 3 rings (SSSR count). The summed E-state index contributed by atoms with van der Waals surface area (Å²) in [5, 5.41) is 4.43. The van der Waals surface area contributed by atoms with Gasteiger partial charge in [-0.05, 0) is 25.5 Å². The van der Waals surface area contributed by atoms with E-state index in [9.17, 15) is 9.59 Å². The van der Waals surface area contributed by atoms with Crippen molar-refractivity contribution >= 4 is 28.8 Å². The molecule has 1 fully saturated rings. The van der Waals surface area contributed by atoms with Gasteiger partial charge >= 0.3 is 0 Å². The van der Waals surface area contributed by atoms with Gasteiger partial charge in [0, 0.05) is 17.6 Å². The highest BCUT2D eigenvalue weighted by molar-refractivity contribution is 7.07. The lowest BCUT2D eigenvalue weighted by molar-refractivity contribution is -0.118. The smallest absolute Gasteiger partial charge is 0.271 e. The Labute approximate surface area is 126 Å². The van der Waals surface area contributed by atoms with Crippen LogP contribution >= 0.6 is 11.3 Å². The second-order valence-electron chi connectivity index (χ2n) is 5.01. The third kappa shape index (κ3) is 2.80. The highest BCUT2D eigenvalue weighted by atomic mass is 32.1. The molecule has 1 unspecified atom stereocenters. The maximum Gasteiger partial charge on any atom is 0.271 e. The average Bonchev–Trinajstić information content (AvgIpc) is 3.11. The molecule has 6 heteroatoms. The highest BCUT2D eigenvalue weighted by Gasteiger charge is 2.33. The van der Waals surface area contributed by atoms with Crippen LogP contribution in [0, 0.1) is 6.92 Å². The molecule has 2 aromatic rings. The molecule has 1 atom stereocenters. The van der Waals surface area contributed by atoms with Crippen LogP contribution in [-0.4, -0.2) is 29.4 Å². The van der Waals surface area contributed by atoms with Crippen molar-refractivity contribution in [1.29, 1.82) is 0 Å². The molecule has 5 nitrogen and oxygen atoms in total. The Morgan fingerprint density at radius 2 is 2.14 bits per heavy atom. The number of carbonyl (C=O) groups excluding carboxylic acids is 2. The van der Waals surface area contributed by atoms with Crippen LogP contribution in [-0.2, 0) is 4.79 Å². The fraction of sp³-hybridized carbons (Fsp3) is 0.267.